The quantitative estimate of drug-likeness (QED) is 0.681. The molecule has 2 rings (SSSR count). The van der Waals surface area contributed by atoms with Gasteiger partial charge in [0.2, 0.25) is 0 Å². The van der Waals surface area contributed by atoms with Crippen LogP contribution in [0.4, 0.5) is 0 Å². The van der Waals surface area contributed by atoms with Crippen LogP contribution < -0.4 is 0 Å². The molecule has 0 aliphatic heterocycles. The zero-order valence-electron chi connectivity index (χ0n) is 5.20. The molecule has 0 aromatic carbocycles. The van der Waals surface area contributed by atoms with Gasteiger partial charge in [0.1, 0.15) is 18.0 Å². The summed E-state index contributed by atoms with van der Waals surface area (Å²) in [5.74, 6) is 0.641. The predicted octanol–water partition coefficient (Wildman–Crippen LogP) is 1.99. The van der Waals surface area contributed by atoms with Crippen molar-refractivity contribution >= 4 is 21.6 Å². The van der Waals surface area contributed by atoms with Crippen LogP contribution in [0.1, 0.15) is 5.76 Å². The number of aliphatic hydroxyl groups is 1. The van der Waals surface area contributed by atoms with Crippen LogP contribution >= 0.6 is 11.3 Å². The first kappa shape index (κ1) is 5.95. The number of rotatable bonds is 1. The van der Waals surface area contributed by atoms with Gasteiger partial charge in [-0.1, -0.05) is 0 Å². The minimum Gasteiger partial charge on any atom is -0.458 e. The second-order valence-electron chi connectivity index (χ2n) is 2.02. The molecule has 2 aromatic heterocycles. The molecular weight excluding hydrogens is 148 g/mol. The maximum Gasteiger partial charge on any atom is 0.145 e. The molecule has 2 nitrogen and oxygen atoms in total. The molecule has 52 valence electrons. The van der Waals surface area contributed by atoms with E-state index in [2.05, 4.69) is 0 Å². The van der Waals surface area contributed by atoms with Crippen molar-refractivity contribution in [2.75, 3.05) is 0 Å². The topological polar surface area (TPSA) is 33.4 Å². The Morgan fingerprint density at radius 3 is 3.20 bits per heavy atom. The maximum absolute atomic E-state index is 8.67. The molecule has 0 spiro atoms. The van der Waals surface area contributed by atoms with Crippen LogP contribution in [-0.2, 0) is 6.61 Å². The molecule has 1 N–H and O–H groups in total. The van der Waals surface area contributed by atoms with Crippen molar-refractivity contribution < 1.29 is 9.52 Å². The van der Waals surface area contributed by atoms with E-state index in [9.17, 15) is 0 Å². The summed E-state index contributed by atoms with van der Waals surface area (Å²) in [4.78, 5) is 0. The summed E-state index contributed by atoms with van der Waals surface area (Å²) in [6, 6.07) is 3.76. The molecule has 0 fully saturated rings. The van der Waals surface area contributed by atoms with E-state index in [1.807, 2.05) is 17.5 Å². The van der Waals surface area contributed by atoms with E-state index in [4.69, 9.17) is 9.52 Å². The molecule has 2 aromatic rings. The standard InChI is InChI=1S/C7H6O2S/c8-4-5-3-7-6(9-5)1-2-10-7/h1-3,8H,4H2. The van der Waals surface area contributed by atoms with Crippen LogP contribution in [0.3, 0.4) is 0 Å². The lowest BCUT2D eigenvalue weighted by atomic mass is 10.4. The molecule has 0 radical (unpaired) electrons. The molecule has 0 amide bonds. The van der Waals surface area contributed by atoms with Crippen molar-refractivity contribution in [3.8, 4) is 0 Å². The SMILES string of the molecule is OCc1cc2sccc2o1. The Morgan fingerprint density at radius 2 is 2.50 bits per heavy atom. The number of fused-ring (bicyclic) bond motifs is 1. The van der Waals surface area contributed by atoms with Gasteiger partial charge in [-0.3, -0.25) is 0 Å². The van der Waals surface area contributed by atoms with Gasteiger partial charge in [0, 0.05) is 0 Å². The summed E-state index contributed by atoms with van der Waals surface area (Å²) in [5, 5.41) is 10.6. The van der Waals surface area contributed by atoms with Gasteiger partial charge in [-0.25, -0.2) is 0 Å². The lowest BCUT2D eigenvalue weighted by molar-refractivity contribution is 0.251. The molecule has 10 heavy (non-hydrogen) atoms. The highest BCUT2D eigenvalue weighted by Gasteiger charge is 2.01. The molecule has 0 aliphatic rings. The smallest absolute Gasteiger partial charge is 0.145 e. The third-order valence-corrected chi connectivity index (χ3v) is 2.19. The van der Waals surface area contributed by atoms with Crippen LogP contribution in [0.5, 0.6) is 0 Å². The normalized spacial score (nSPS) is 10.9. The molecule has 2 heterocycles. The fraction of sp³-hybridized carbons (Fsp3) is 0.143. The second kappa shape index (κ2) is 2.11. The summed E-state index contributed by atoms with van der Waals surface area (Å²) < 4.78 is 6.32. The van der Waals surface area contributed by atoms with E-state index >= 15 is 0 Å². The van der Waals surface area contributed by atoms with E-state index in [0.717, 1.165) is 10.3 Å². The summed E-state index contributed by atoms with van der Waals surface area (Å²) >= 11 is 1.62. The Kier molecular flexibility index (Phi) is 1.25. The van der Waals surface area contributed by atoms with Gasteiger partial charge in [-0.15, -0.1) is 11.3 Å². The fourth-order valence-electron chi connectivity index (χ4n) is 0.894. The first-order chi connectivity index (χ1) is 4.90. The highest BCUT2D eigenvalue weighted by atomic mass is 32.1. The number of hydrogen-bond donors (Lipinski definition) is 1. The fourth-order valence-corrected chi connectivity index (χ4v) is 1.66. The molecule has 0 saturated carbocycles. The summed E-state index contributed by atoms with van der Waals surface area (Å²) in [6.45, 7) is -0.0125. The number of furan rings is 1. The first-order valence-corrected chi connectivity index (χ1v) is 3.85. The van der Waals surface area contributed by atoms with Gasteiger partial charge < -0.3 is 9.52 Å². The Balaban J connectivity index is 2.67. The molecule has 3 heteroatoms. The Hall–Kier alpha value is -0.800. The zero-order chi connectivity index (χ0) is 6.97. The molecule has 0 bridgehead atoms. The molecule has 0 atom stereocenters. The maximum atomic E-state index is 8.67. The van der Waals surface area contributed by atoms with Crippen LogP contribution in [0.2, 0.25) is 0 Å². The van der Waals surface area contributed by atoms with Crippen molar-refractivity contribution in [1.82, 2.24) is 0 Å². The summed E-state index contributed by atoms with van der Waals surface area (Å²) in [6.07, 6.45) is 0. The van der Waals surface area contributed by atoms with E-state index in [0.29, 0.717) is 5.76 Å². The van der Waals surface area contributed by atoms with Gasteiger partial charge in [0.05, 0.1) is 4.70 Å². The van der Waals surface area contributed by atoms with E-state index in [-0.39, 0.29) is 6.61 Å². The minimum absolute atomic E-state index is 0.0125. The van der Waals surface area contributed by atoms with Crippen LogP contribution in [0.15, 0.2) is 21.9 Å². The van der Waals surface area contributed by atoms with Crippen LogP contribution in [0.25, 0.3) is 10.3 Å². The Labute approximate surface area is 61.7 Å². The van der Waals surface area contributed by atoms with Gasteiger partial charge in [0.15, 0.2) is 0 Å². The zero-order valence-corrected chi connectivity index (χ0v) is 6.02. The third kappa shape index (κ3) is 0.751. The number of hydrogen-bond acceptors (Lipinski definition) is 3. The van der Waals surface area contributed by atoms with E-state index in [1.165, 1.54) is 0 Å². The van der Waals surface area contributed by atoms with Crippen molar-refractivity contribution in [3.63, 3.8) is 0 Å². The number of aliphatic hydroxyl groups excluding tert-OH is 1. The monoisotopic (exact) mass is 154 g/mol. The highest BCUT2D eigenvalue weighted by Crippen LogP contribution is 2.24. The molecular formula is C7H6O2S. The highest BCUT2D eigenvalue weighted by molar-refractivity contribution is 7.17. The largest absolute Gasteiger partial charge is 0.458 e. The van der Waals surface area contributed by atoms with Crippen molar-refractivity contribution in [3.05, 3.63) is 23.3 Å². The number of thiophene rings is 1. The average Bonchev–Trinajstić information content (AvgIpc) is 2.42. The van der Waals surface area contributed by atoms with Crippen LogP contribution in [-0.4, -0.2) is 5.11 Å². The van der Waals surface area contributed by atoms with Gasteiger partial charge in [-0.05, 0) is 17.5 Å². The average molecular weight is 154 g/mol. The lowest BCUT2D eigenvalue weighted by Crippen LogP contribution is -1.72. The third-order valence-electron chi connectivity index (χ3n) is 1.35. The molecule has 0 aliphatic carbocycles. The van der Waals surface area contributed by atoms with Gasteiger partial charge in [0.25, 0.3) is 0 Å². The Morgan fingerprint density at radius 1 is 1.60 bits per heavy atom. The minimum atomic E-state index is -0.0125. The second-order valence-corrected chi connectivity index (χ2v) is 2.97. The van der Waals surface area contributed by atoms with Crippen molar-refractivity contribution in [1.29, 1.82) is 0 Å². The summed E-state index contributed by atoms with van der Waals surface area (Å²) in [7, 11) is 0. The predicted molar refractivity (Wildman–Crippen MR) is 40.0 cm³/mol. The van der Waals surface area contributed by atoms with E-state index < -0.39 is 0 Å². The molecule has 0 unspecified atom stereocenters. The molecule has 0 saturated heterocycles. The van der Waals surface area contributed by atoms with Gasteiger partial charge in [-0.2, -0.15) is 0 Å². The first-order valence-electron chi connectivity index (χ1n) is 2.97. The van der Waals surface area contributed by atoms with Crippen LogP contribution in [0, 0.1) is 0 Å². The lowest BCUT2D eigenvalue weighted by Gasteiger charge is -1.81. The van der Waals surface area contributed by atoms with Crippen molar-refractivity contribution in [2.45, 2.75) is 6.61 Å². The Bertz CT molecular complexity index is 305. The van der Waals surface area contributed by atoms with Gasteiger partial charge >= 0.3 is 0 Å². The summed E-state index contributed by atoms with van der Waals surface area (Å²) in [5.41, 5.74) is 0.869. The van der Waals surface area contributed by atoms with Crippen molar-refractivity contribution in [2.24, 2.45) is 0 Å². The van der Waals surface area contributed by atoms with E-state index in [1.54, 1.807) is 11.3 Å².